The zero-order valence-electron chi connectivity index (χ0n) is 10.4. The van der Waals surface area contributed by atoms with Crippen LogP contribution in [0.25, 0.3) is 0 Å². The molecule has 0 spiro atoms. The second kappa shape index (κ2) is 6.85. The first kappa shape index (κ1) is 14.3. The zero-order valence-corrected chi connectivity index (χ0v) is 13.5. The van der Waals surface area contributed by atoms with Crippen molar-refractivity contribution < 1.29 is 4.79 Å². The normalized spacial score (nSPS) is 29.0. The van der Waals surface area contributed by atoms with Gasteiger partial charge in [-0.15, -0.1) is 0 Å². The van der Waals surface area contributed by atoms with E-state index in [9.17, 15) is 4.79 Å². The Balaban J connectivity index is 1.93. The van der Waals surface area contributed by atoms with Crippen LogP contribution in [0.1, 0.15) is 38.5 Å². The summed E-state index contributed by atoms with van der Waals surface area (Å²) in [6.45, 7) is 0. The number of halogens is 2. The molecule has 0 amide bonds. The molecule has 1 nitrogen and oxygen atoms in total. The van der Waals surface area contributed by atoms with Crippen molar-refractivity contribution in [2.45, 2.75) is 43.4 Å². The van der Waals surface area contributed by atoms with Crippen LogP contribution in [-0.4, -0.2) is 10.6 Å². The largest absolute Gasteiger partial charge is 0.290 e. The molecule has 0 aliphatic heterocycles. The second-order valence-electron chi connectivity index (χ2n) is 5.03. The average Bonchev–Trinajstić information content (AvgIpc) is 2.36. The molecule has 0 radical (unpaired) electrons. The van der Waals surface area contributed by atoms with Crippen LogP contribution in [-0.2, 0) is 4.79 Å². The van der Waals surface area contributed by atoms with Crippen molar-refractivity contribution in [3.63, 3.8) is 0 Å². The SMILES string of the molecule is O=C(/C=C/C1CC(Br)=CC(Br)C1)C1=CCCCC1. The molecule has 0 heterocycles. The van der Waals surface area contributed by atoms with Gasteiger partial charge in [-0.05, 0) is 60.6 Å². The number of alkyl halides is 1. The topological polar surface area (TPSA) is 17.1 Å². The molecule has 0 saturated carbocycles. The molecule has 2 atom stereocenters. The summed E-state index contributed by atoms with van der Waals surface area (Å²) in [5, 5.41) is 0. The lowest BCUT2D eigenvalue weighted by atomic mass is 9.92. The first-order chi connectivity index (χ1) is 8.65. The summed E-state index contributed by atoms with van der Waals surface area (Å²) >= 11 is 7.17. The lowest BCUT2D eigenvalue weighted by molar-refractivity contribution is -0.111. The van der Waals surface area contributed by atoms with Crippen LogP contribution in [0, 0.1) is 5.92 Å². The molecule has 0 saturated heterocycles. The number of hydrogen-bond acceptors (Lipinski definition) is 1. The molecule has 98 valence electrons. The van der Waals surface area contributed by atoms with Gasteiger partial charge >= 0.3 is 0 Å². The third-order valence-corrected chi connectivity index (χ3v) is 4.70. The van der Waals surface area contributed by atoms with Gasteiger partial charge in [0, 0.05) is 4.83 Å². The third-order valence-electron chi connectivity index (χ3n) is 3.47. The molecular formula is C15H18Br2O. The number of ketones is 1. The van der Waals surface area contributed by atoms with Gasteiger partial charge in [0.05, 0.1) is 0 Å². The Bertz CT molecular complexity index is 407. The Morgan fingerprint density at radius 3 is 2.89 bits per heavy atom. The molecule has 3 heteroatoms. The zero-order chi connectivity index (χ0) is 13.0. The maximum atomic E-state index is 12.0. The quantitative estimate of drug-likeness (QED) is 0.498. The fraction of sp³-hybridized carbons (Fsp3) is 0.533. The Kier molecular flexibility index (Phi) is 5.43. The van der Waals surface area contributed by atoms with E-state index < -0.39 is 0 Å². The van der Waals surface area contributed by atoms with E-state index in [1.165, 1.54) is 10.9 Å². The van der Waals surface area contributed by atoms with E-state index in [4.69, 9.17) is 0 Å². The van der Waals surface area contributed by atoms with Crippen molar-refractivity contribution >= 4 is 37.6 Å². The van der Waals surface area contributed by atoms with E-state index in [0.29, 0.717) is 10.7 Å². The minimum absolute atomic E-state index is 0.214. The Labute approximate surface area is 126 Å². The van der Waals surface area contributed by atoms with E-state index in [1.807, 2.05) is 0 Å². The summed E-state index contributed by atoms with van der Waals surface area (Å²) in [6.07, 6.45) is 14.7. The molecule has 0 aromatic carbocycles. The minimum atomic E-state index is 0.214. The highest BCUT2D eigenvalue weighted by Gasteiger charge is 2.18. The lowest BCUT2D eigenvalue weighted by Gasteiger charge is -2.20. The maximum absolute atomic E-state index is 12.0. The van der Waals surface area contributed by atoms with Crippen molar-refractivity contribution in [1.82, 2.24) is 0 Å². The molecule has 0 bridgehead atoms. The molecular weight excluding hydrogens is 356 g/mol. The van der Waals surface area contributed by atoms with Gasteiger partial charge < -0.3 is 0 Å². The predicted molar refractivity (Wildman–Crippen MR) is 83.1 cm³/mol. The second-order valence-corrected chi connectivity index (χ2v) is 7.22. The monoisotopic (exact) mass is 372 g/mol. The summed E-state index contributed by atoms with van der Waals surface area (Å²) in [6, 6.07) is 0. The Morgan fingerprint density at radius 1 is 1.39 bits per heavy atom. The van der Waals surface area contributed by atoms with Crippen LogP contribution in [0.15, 0.2) is 34.4 Å². The van der Waals surface area contributed by atoms with Crippen molar-refractivity contribution in [2.75, 3.05) is 0 Å². The summed E-state index contributed by atoms with van der Waals surface area (Å²) in [5.74, 6) is 0.674. The van der Waals surface area contributed by atoms with E-state index in [0.717, 1.165) is 37.7 Å². The molecule has 0 fully saturated rings. The van der Waals surface area contributed by atoms with Gasteiger partial charge in [0.2, 0.25) is 0 Å². The highest BCUT2D eigenvalue weighted by Crippen LogP contribution is 2.32. The summed E-state index contributed by atoms with van der Waals surface area (Å²) in [7, 11) is 0. The minimum Gasteiger partial charge on any atom is -0.290 e. The van der Waals surface area contributed by atoms with Crippen molar-refractivity contribution in [3.8, 4) is 0 Å². The maximum Gasteiger partial charge on any atom is 0.181 e. The highest BCUT2D eigenvalue weighted by molar-refractivity contribution is 9.12. The van der Waals surface area contributed by atoms with Crippen LogP contribution in [0.5, 0.6) is 0 Å². The van der Waals surface area contributed by atoms with E-state index in [-0.39, 0.29) is 5.78 Å². The number of rotatable bonds is 3. The molecule has 0 N–H and O–H groups in total. The van der Waals surface area contributed by atoms with Crippen LogP contribution in [0.3, 0.4) is 0 Å². The third kappa shape index (κ3) is 4.20. The smallest absolute Gasteiger partial charge is 0.181 e. The fourth-order valence-electron chi connectivity index (χ4n) is 2.49. The van der Waals surface area contributed by atoms with E-state index in [1.54, 1.807) is 6.08 Å². The number of hydrogen-bond donors (Lipinski definition) is 0. The van der Waals surface area contributed by atoms with Gasteiger partial charge in [-0.25, -0.2) is 0 Å². The molecule has 2 aliphatic rings. The standard InChI is InChI=1S/C15H18Br2O/c16-13-8-11(9-14(17)10-13)6-7-15(18)12-4-2-1-3-5-12/h4,6-7,10-11,13H,1-3,5,8-9H2/b7-6+. The first-order valence-corrected chi connectivity index (χ1v) is 8.28. The van der Waals surface area contributed by atoms with Crippen LogP contribution < -0.4 is 0 Å². The van der Waals surface area contributed by atoms with Gasteiger partial charge in [0.1, 0.15) is 0 Å². The van der Waals surface area contributed by atoms with Crippen LogP contribution >= 0.6 is 31.9 Å². The summed E-state index contributed by atoms with van der Waals surface area (Å²) in [5.41, 5.74) is 1.01. The molecule has 18 heavy (non-hydrogen) atoms. The van der Waals surface area contributed by atoms with Crippen molar-refractivity contribution in [3.05, 3.63) is 34.4 Å². The van der Waals surface area contributed by atoms with Gasteiger partial charge in [0.25, 0.3) is 0 Å². The van der Waals surface area contributed by atoms with Crippen molar-refractivity contribution in [2.24, 2.45) is 5.92 Å². The van der Waals surface area contributed by atoms with E-state index in [2.05, 4.69) is 50.1 Å². The number of carbonyl (C=O) groups excluding carboxylic acids is 1. The first-order valence-electron chi connectivity index (χ1n) is 6.57. The Hall–Kier alpha value is -0.150. The average molecular weight is 374 g/mol. The highest BCUT2D eigenvalue weighted by atomic mass is 79.9. The summed E-state index contributed by atoms with van der Waals surface area (Å²) < 4.78 is 1.23. The summed E-state index contributed by atoms with van der Waals surface area (Å²) in [4.78, 5) is 12.4. The van der Waals surface area contributed by atoms with E-state index >= 15 is 0 Å². The van der Waals surface area contributed by atoms with Crippen LogP contribution in [0.4, 0.5) is 0 Å². The van der Waals surface area contributed by atoms with Crippen molar-refractivity contribution in [1.29, 1.82) is 0 Å². The van der Waals surface area contributed by atoms with Gasteiger partial charge in [-0.1, -0.05) is 50.1 Å². The molecule has 0 aromatic rings. The fourth-order valence-corrected chi connectivity index (χ4v) is 4.38. The van der Waals surface area contributed by atoms with Gasteiger partial charge in [0.15, 0.2) is 5.78 Å². The van der Waals surface area contributed by atoms with Gasteiger partial charge in [-0.3, -0.25) is 4.79 Å². The Morgan fingerprint density at radius 2 is 2.22 bits per heavy atom. The van der Waals surface area contributed by atoms with Gasteiger partial charge in [-0.2, -0.15) is 0 Å². The predicted octanol–water partition coefficient (Wildman–Crippen LogP) is 5.06. The molecule has 2 unspecified atom stereocenters. The molecule has 2 aliphatic carbocycles. The molecule has 2 rings (SSSR count). The lowest BCUT2D eigenvalue weighted by Crippen LogP contribution is -2.11. The number of allylic oxidation sites excluding steroid dienone is 6. The molecule has 0 aromatic heterocycles. The number of carbonyl (C=O) groups is 1. The van der Waals surface area contributed by atoms with Crippen LogP contribution in [0.2, 0.25) is 0 Å².